The lowest BCUT2D eigenvalue weighted by Gasteiger charge is -2.16. The number of amides is 1. The summed E-state index contributed by atoms with van der Waals surface area (Å²) < 4.78 is 5.87. The molecule has 1 fully saturated rings. The lowest BCUT2D eigenvalue weighted by molar-refractivity contribution is -0.122. The Morgan fingerprint density at radius 2 is 2.00 bits per heavy atom. The maximum atomic E-state index is 12.1. The van der Waals surface area contributed by atoms with Crippen molar-refractivity contribution in [1.29, 1.82) is 0 Å². The number of nitrogens with zero attached hydrogens (tertiary/aromatic N) is 3. The molecule has 1 aromatic heterocycles. The molecule has 1 N–H and O–H groups in total. The summed E-state index contributed by atoms with van der Waals surface area (Å²) in [5.74, 6) is 0.490. The fraction of sp³-hybridized carbons (Fsp3) is 0.500. The fourth-order valence-corrected chi connectivity index (χ4v) is 2.95. The van der Waals surface area contributed by atoms with E-state index < -0.39 is 0 Å². The van der Waals surface area contributed by atoms with Gasteiger partial charge in [-0.2, -0.15) is 0 Å². The molecule has 0 radical (unpaired) electrons. The van der Waals surface area contributed by atoms with Gasteiger partial charge in [0.2, 0.25) is 11.8 Å². The van der Waals surface area contributed by atoms with E-state index in [1.807, 2.05) is 37.3 Å². The van der Waals surface area contributed by atoms with Gasteiger partial charge in [-0.1, -0.05) is 42.4 Å². The van der Waals surface area contributed by atoms with Crippen LogP contribution in [0.25, 0.3) is 0 Å². The largest absolute Gasteiger partial charge is 0.406 e. The highest BCUT2D eigenvalue weighted by Crippen LogP contribution is 2.23. The van der Waals surface area contributed by atoms with Crippen molar-refractivity contribution in [2.24, 2.45) is 0 Å². The predicted molar refractivity (Wildman–Crippen MR) is 91.7 cm³/mol. The molecule has 1 saturated heterocycles. The maximum absolute atomic E-state index is 12.1. The lowest BCUT2D eigenvalue weighted by Crippen LogP contribution is -2.30. The van der Waals surface area contributed by atoms with E-state index >= 15 is 0 Å². The Morgan fingerprint density at radius 3 is 2.71 bits per heavy atom. The third-order valence-corrected chi connectivity index (χ3v) is 4.20. The number of anilines is 1. The SMILES string of the molecule is CCCC(=O)N[C@@H](Cc1ccccc1)c1nnc(N2CCCC2)o1. The van der Waals surface area contributed by atoms with Gasteiger partial charge in [-0.25, -0.2) is 0 Å². The van der Waals surface area contributed by atoms with E-state index in [2.05, 4.69) is 20.4 Å². The topological polar surface area (TPSA) is 71.3 Å². The number of carbonyl (C=O) groups excluding carboxylic acids is 1. The van der Waals surface area contributed by atoms with Crippen molar-refractivity contribution in [3.63, 3.8) is 0 Å². The molecule has 2 aromatic rings. The molecule has 0 unspecified atom stereocenters. The first-order valence-electron chi connectivity index (χ1n) is 8.68. The van der Waals surface area contributed by atoms with Crippen LogP contribution in [-0.4, -0.2) is 29.2 Å². The molecule has 128 valence electrons. The van der Waals surface area contributed by atoms with Crippen LogP contribution < -0.4 is 10.2 Å². The highest BCUT2D eigenvalue weighted by molar-refractivity contribution is 5.76. The number of aromatic nitrogens is 2. The molecule has 3 rings (SSSR count). The van der Waals surface area contributed by atoms with Crippen LogP contribution in [0.3, 0.4) is 0 Å². The molecular formula is C18H24N4O2. The quantitative estimate of drug-likeness (QED) is 0.846. The summed E-state index contributed by atoms with van der Waals surface area (Å²) in [4.78, 5) is 14.2. The van der Waals surface area contributed by atoms with Crippen LogP contribution in [0.4, 0.5) is 6.01 Å². The molecule has 0 spiro atoms. The summed E-state index contributed by atoms with van der Waals surface area (Å²) in [5.41, 5.74) is 1.13. The van der Waals surface area contributed by atoms with Crippen LogP contribution in [-0.2, 0) is 11.2 Å². The van der Waals surface area contributed by atoms with Crippen molar-refractivity contribution in [3.8, 4) is 0 Å². The molecule has 24 heavy (non-hydrogen) atoms. The first-order valence-corrected chi connectivity index (χ1v) is 8.68. The number of hydrogen-bond donors (Lipinski definition) is 1. The van der Waals surface area contributed by atoms with Crippen molar-refractivity contribution in [2.75, 3.05) is 18.0 Å². The van der Waals surface area contributed by atoms with Gasteiger partial charge in [0, 0.05) is 25.9 Å². The van der Waals surface area contributed by atoms with Crippen LogP contribution in [0.15, 0.2) is 34.7 Å². The zero-order valence-electron chi connectivity index (χ0n) is 14.1. The van der Waals surface area contributed by atoms with Gasteiger partial charge in [-0.15, -0.1) is 5.10 Å². The minimum atomic E-state index is -0.296. The summed E-state index contributed by atoms with van der Waals surface area (Å²) in [6.07, 6.45) is 4.25. The highest BCUT2D eigenvalue weighted by atomic mass is 16.4. The van der Waals surface area contributed by atoms with Crippen molar-refractivity contribution in [1.82, 2.24) is 15.5 Å². The Morgan fingerprint density at radius 1 is 1.25 bits per heavy atom. The molecule has 1 atom stereocenters. The maximum Gasteiger partial charge on any atom is 0.318 e. The van der Waals surface area contributed by atoms with Crippen LogP contribution in [0.2, 0.25) is 0 Å². The van der Waals surface area contributed by atoms with Gasteiger partial charge in [0.25, 0.3) is 0 Å². The van der Waals surface area contributed by atoms with Gasteiger partial charge in [0.1, 0.15) is 6.04 Å². The van der Waals surface area contributed by atoms with Gasteiger partial charge in [0.05, 0.1) is 0 Å². The average Bonchev–Trinajstić information content (AvgIpc) is 3.27. The Kier molecular flexibility index (Phi) is 5.46. The zero-order valence-corrected chi connectivity index (χ0v) is 14.1. The van der Waals surface area contributed by atoms with Gasteiger partial charge in [0.15, 0.2) is 0 Å². The van der Waals surface area contributed by atoms with Gasteiger partial charge >= 0.3 is 6.01 Å². The van der Waals surface area contributed by atoms with Crippen molar-refractivity contribution in [3.05, 3.63) is 41.8 Å². The zero-order chi connectivity index (χ0) is 16.8. The normalized spacial score (nSPS) is 15.5. The van der Waals surface area contributed by atoms with Crippen LogP contribution >= 0.6 is 0 Å². The number of hydrogen-bond acceptors (Lipinski definition) is 5. The summed E-state index contributed by atoms with van der Waals surface area (Å²) >= 11 is 0. The minimum Gasteiger partial charge on any atom is -0.406 e. The van der Waals surface area contributed by atoms with E-state index in [1.165, 1.54) is 0 Å². The van der Waals surface area contributed by atoms with Crippen LogP contribution in [0, 0.1) is 0 Å². The van der Waals surface area contributed by atoms with Crippen molar-refractivity contribution < 1.29 is 9.21 Å². The molecule has 1 amide bonds. The molecule has 0 aliphatic carbocycles. The third-order valence-electron chi connectivity index (χ3n) is 4.20. The summed E-state index contributed by atoms with van der Waals surface area (Å²) in [6.45, 7) is 3.89. The van der Waals surface area contributed by atoms with E-state index in [4.69, 9.17) is 4.42 Å². The summed E-state index contributed by atoms with van der Waals surface area (Å²) in [5, 5.41) is 11.4. The average molecular weight is 328 g/mol. The molecule has 6 nitrogen and oxygen atoms in total. The molecule has 1 aromatic carbocycles. The van der Waals surface area contributed by atoms with Gasteiger partial charge < -0.3 is 14.6 Å². The highest BCUT2D eigenvalue weighted by Gasteiger charge is 2.24. The second-order valence-electron chi connectivity index (χ2n) is 6.18. The predicted octanol–water partition coefficient (Wildman–Crippen LogP) is 2.87. The minimum absolute atomic E-state index is 0.0133. The molecular weight excluding hydrogens is 304 g/mol. The summed E-state index contributed by atoms with van der Waals surface area (Å²) in [6, 6.07) is 10.3. The monoisotopic (exact) mass is 328 g/mol. The fourth-order valence-electron chi connectivity index (χ4n) is 2.95. The lowest BCUT2D eigenvalue weighted by atomic mass is 10.1. The number of carbonyl (C=O) groups is 1. The Bertz CT molecular complexity index is 650. The smallest absolute Gasteiger partial charge is 0.318 e. The molecule has 0 bridgehead atoms. The molecule has 2 heterocycles. The first kappa shape index (κ1) is 16.5. The van der Waals surface area contributed by atoms with E-state index in [-0.39, 0.29) is 11.9 Å². The van der Waals surface area contributed by atoms with Gasteiger partial charge in [-0.05, 0) is 24.8 Å². The van der Waals surface area contributed by atoms with Crippen LogP contribution in [0.5, 0.6) is 0 Å². The number of rotatable bonds is 7. The molecule has 6 heteroatoms. The van der Waals surface area contributed by atoms with E-state index in [0.717, 1.165) is 37.9 Å². The van der Waals surface area contributed by atoms with Gasteiger partial charge in [-0.3, -0.25) is 4.79 Å². The van der Waals surface area contributed by atoms with Crippen LogP contribution in [0.1, 0.15) is 50.1 Å². The van der Waals surface area contributed by atoms with E-state index in [0.29, 0.717) is 24.7 Å². The van der Waals surface area contributed by atoms with Crippen molar-refractivity contribution >= 4 is 11.9 Å². The Balaban J connectivity index is 1.76. The summed E-state index contributed by atoms with van der Waals surface area (Å²) in [7, 11) is 0. The Hall–Kier alpha value is -2.37. The van der Waals surface area contributed by atoms with E-state index in [9.17, 15) is 4.79 Å². The second kappa shape index (κ2) is 7.95. The number of nitrogens with one attached hydrogen (secondary N) is 1. The molecule has 1 aliphatic heterocycles. The number of benzene rings is 1. The molecule has 0 saturated carbocycles. The van der Waals surface area contributed by atoms with Crippen molar-refractivity contribution in [2.45, 2.75) is 45.1 Å². The first-order chi connectivity index (χ1) is 11.8. The second-order valence-corrected chi connectivity index (χ2v) is 6.18. The standard InChI is InChI=1S/C18H24N4O2/c1-2-8-16(23)19-15(13-14-9-4-3-5-10-14)17-20-21-18(24-17)22-11-6-7-12-22/h3-5,9-10,15H,2,6-8,11-13H2,1H3,(H,19,23)/t15-/m0/s1. The third kappa shape index (κ3) is 4.13. The van der Waals surface area contributed by atoms with E-state index in [1.54, 1.807) is 0 Å². The molecule has 1 aliphatic rings. The Labute approximate surface area is 142 Å².